The van der Waals surface area contributed by atoms with Crippen LogP contribution in [0.3, 0.4) is 0 Å². The van der Waals surface area contributed by atoms with E-state index in [-0.39, 0.29) is 11.9 Å². The lowest BCUT2D eigenvalue weighted by Crippen LogP contribution is -2.49. The zero-order chi connectivity index (χ0) is 22.2. The van der Waals surface area contributed by atoms with Gasteiger partial charge in [-0.15, -0.1) is 0 Å². The zero-order valence-corrected chi connectivity index (χ0v) is 18.6. The summed E-state index contributed by atoms with van der Waals surface area (Å²) < 4.78 is 5.42. The van der Waals surface area contributed by atoms with Crippen LogP contribution in [0.25, 0.3) is 11.1 Å². The quantitative estimate of drug-likeness (QED) is 0.704. The molecule has 2 fully saturated rings. The second-order valence-electron chi connectivity index (χ2n) is 8.68. The van der Waals surface area contributed by atoms with E-state index in [9.17, 15) is 10.1 Å². The Kier molecular flexibility index (Phi) is 7.89. The van der Waals surface area contributed by atoms with Crippen molar-refractivity contribution in [2.45, 2.75) is 44.3 Å². The molecular formula is C26H32N4O2. The molecule has 0 bridgehead atoms. The van der Waals surface area contributed by atoms with E-state index in [4.69, 9.17) is 4.74 Å². The Bertz CT molecular complexity index is 908. The molecule has 2 aliphatic rings. The predicted molar refractivity (Wildman–Crippen MR) is 125 cm³/mol. The van der Waals surface area contributed by atoms with Crippen LogP contribution in [0.5, 0.6) is 0 Å². The minimum atomic E-state index is -0.517. The lowest BCUT2D eigenvalue weighted by Gasteiger charge is -2.26. The predicted octanol–water partition coefficient (Wildman–Crippen LogP) is 2.88. The number of nitrogens with zero attached hydrogens (tertiary/aromatic N) is 2. The van der Waals surface area contributed by atoms with Crippen LogP contribution < -0.4 is 10.6 Å². The number of benzene rings is 2. The van der Waals surface area contributed by atoms with Crippen molar-refractivity contribution in [3.8, 4) is 17.2 Å². The summed E-state index contributed by atoms with van der Waals surface area (Å²) in [6, 6.07) is 18.5. The van der Waals surface area contributed by atoms with Gasteiger partial charge in [0.1, 0.15) is 6.04 Å². The maximum atomic E-state index is 12.4. The number of piperidine rings is 1. The van der Waals surface area contributed by atoms with E-state index in [0.29, 0.717) is 6.42 Å². The molecular weight excluding hydrogens is 400 g/mol. The van der Waals surface area contributed by atoms with Crippen molar-refractivity contribution in [2.24, 2.45) is 0 Å². The maximum Gasteiger partial charge on any atom is 0.238 e. The summed E-state index contributed by atoms with van der Waals surface area (Å²) in [4.78, 5) is 14.8. The summed E-state index contributed by atoms with van der Waals surface area (Å²) >= 11 is 0. The third-order valence-corrected chi connectivity index (χ3v) is 6.29. The number of amides is 1. The van der Waals surface area contributed by atoms with Crippen LogP contribution in [0.1, 0.15) is 30.4 Å². The lowest BCUT2D eigenvalue weighted by molar-refractivity contribution is -0.124. The second kappa shape index (κ2) is 11.2. The van der Waals surface area contributed by atoms with Gasteiger partial charge in [0, 0.05) is 26.1 Å². The Morgan fingerprint density at radius 3 is 2.31 bits per heavy atom. The average Bonchev–Trinajstić information content (AvgIpc) is 2.86. The van der Waals surface area contributed by atoms with Crippen molar-refractivity contribution < 1.29 is 9.53 Å². The number of nitrogens with one attached hydrogen (secondary N) is 2. The highest BCUT2D eigenvalue weighted by Crippen LogP contribution is 2.21. The van der Waals surface area contributed by atoms with Crippen molar-refractivity contribution in [1.82, 2.24) is 15.5 Å². The van der Waals surface area contributed by atoms with Crippen molar-refractivity contribution in [2.75, 3.05) is 32.8 Å². The van der Waals surface area contributed by atoms with Gasteiger partial charge < -0.3 is 15.4 Å². The highest BCUT2D eigenvalue weighted by Gasteiger charge is 2.23. The van der Waals surface area contributed by atoms with Gasteiger partial charge in [0.25, 0.3) is 0 Å². The summed E-state index contributed by atoms with van der Waals surface area (Å²) in [6.07, 6.45) is 3.50. The van der Waals surface area contributed by atoms with Gasteiger partial charge in [-0.25, -0.2) is 0 Å². The summed E-state index contributed by atoms with van der Waals surface area (Å²) in [7, 11) is 0. The number of carbonyl (C=O) groups excluding carboxylic acids is 1. The maximum absolute atomic E-state index is 12.4. The van der Waals surface area contributed by atoms with Crippen molar-refractivity contribution >= 4 is 5.91 Å². The van der Waals surface area contributed by atoms with Crippen molar-refractivity contribution in [1.29, 1.82) is 5.26 Å². The highest BCUT2D eigenvalue weighted by molar-refractivity contribution is 5.82. The highest BCUT2D eigenvalue weighted by atomic mass is 16.5. The third-order valence-electron chi connectivity index (χ3n) is 6.29. The molecule has 0 saturated carbocycles. The van der Waals surface area contributed by atoms with Crippen LogP contribution in [0.4, 0.5) is 0 Å². The smallest absolute Gasteiger partial charge is 0.238 e. The number of ether oxygens (including phenoxy) is 1. The first-order valence-electron chi connectivity index (χ1n) is 11.6. The summed E-state index contributed by atoms with van der Waals surface area (Å²) in [6.45, 7) is 5.44. The number of nitriles is 1. The largest absolute Gasteiger partial charge is 0.379 e. The molecule has 0 unspecified atom stereocenters. The summed E-state index contributed by atoms with van der Waals surface area (Å²) in [5, 5.41) is 15.6. The third kappa shape index (κ3) is 6.17. The van der Waals surface area contributed by atoms with Crippen LogP contribution in [-0.4, -0.2) is 55.7 Å². The Labute approximate surface area is 190 Å². The molecule has 0 aromatic heterocycles. The van der Waals surface area contributed by atoms with Gasteiger partial charge in [-0.05, 0) is 41.6 Å². The van der Waals surface area contributed by atoms with Gasteiger partial charge in [-0.3, -0.25) is 9.69 Å². The fraction of sp³-hybridized carbons (Fsp3) is 0.462. The van der Waals surface area contributed by atoms with Crippen LogP contribution in [-0.2, 0) is 22.5 Å². The van der Waals surface area contributed by atoms with Gasteiger partial charge >= 0.3 is 0 Å². The molecule has 168 valence electrons. The molecule has 2 heterocycles. The number of rotatable bonds is 7. The molecule has 2 aliphatic heterocycles. The van der Waals surface area contributed by atoms with Crippen LogP contribution in [0, 0.1) is 11.3 Å². The van der Waals surface area contributed by atoms with E-state index in [1.165, 1.54) is 11.1 Å². The fourth-order valence-corrected chi connectivity index (χ4v) is 4.37. The molecule has 2 atom stereocenters. The monoisotopic (exact) mass is 432 g/mol. The Hall–Kier alpha value is -2.72. The van der Waals surface area contributed by atoms with E-state index >= 15 is 0 Å². The van der Waals surface area contributed by atoms with E-state index in [0.717, 1.165) is 69.8 Å². The molecule has 6 nitrogen and oxygen atoms in total. The first-order chi connectivity index (χ1) is 15.7. The van der Waals surface area contributed by atoms with E-state index < -0.39 is 6.04 Å². The van der Waals surface area contributed by atoms with Gasteiger partial charge in [-0.2, -0.15) is 5.26 Å². The molecule has 6 heteroatoms. The molecule has 2 aromatic rings. The summed E-state index contributed by atoms with van der Waals surface area (Å²) in [5.74, 6) is -0.0648. The van der Waals surface area contributed by atoms with Gasteiger partial charge in [0.05, 0.1) is 25.3 Å². The number of hydrogen-bond acceptors (Lipinski definition) is 5. The molecule has 4 rings (SSSR count). The molecule has 0 radical (unpaired) electrons. The molecule has 2 aromatic carbocycles. The topological polar surface area (TPSA) is 77.4 Å². The first-order valence-corrected chi connectivity index (χ1v) is 11.6. The molecule has 32 heavy (non-hydrogen) atoms. The standard InChI is InChI=1S/C26H32N4O2/c27-18-24(29-26(31)25-3-1-2-12-28-25)17-20-4-8-22(9-5-20)23-10-6-21(7-11-23)19-30-13-15-32-16-14-30/h4-11,24-25,28H,1-3,12-17,19H2,(H,29,31)/t24-,25-/m0/s1. The Balaban J connectivity index is 1.31. The minimum absolute atomic E-state index is 0.0648. The minimum Gasteiger partial charge on any atom is -0.379 e. The SMILES string of the molecule is N#C[C@H](Cc1ccc(-c2ccc(CN3CCOCC3)cc2)cc1)NC(=O)[C@@H]1CCCCN1. The average molecular weight is 433 g/mol. The van der Waals surface area contributed by atoms with Gasteiger partial charge in [0.2, 0.25) is 5.91 Å². The molecule has 1 amide bonds. The van der Waals surface area contributed by atoms with Crippen LogP contribution in [0.15, 0.2) is 48.5 Å². The van der Waals surface area contributed by atoms with E-state index in [2.05, 4.69) is 58.0 Å². The number of carbonyl (C=O) groups is 1. The Morgan fingerprint density at radius 1 is 1.06 bits per heavy atom. The number of morpholine rings is 1. The lowest BCUT2D eigenvalue weighted by atomic mass is 9.99. The summed E-state index contributed by atoms with van der Waals surface area (Å²) in [5.41, 5.74) is 4.68. The van der Waals surface area contributed by atoms with Crippen molar-refractivity contribution in [3.05, 3.63) is 59.7 Å². The van der Waals surface area contributed by atoms with Crippen molar-refractivity contribution in [3.63, 3.8) is 0 Å². The zero-order valence-electron chi connectivity index (χ0n) is 18.6. The van der Waals surface area contributed by atoms with Gasteiger partial charge in [-0.1, -0.05) is 55.0 Å². The number of hydrogen-bond donors (Lipinski definition) is 2. The molecule has 2 N–H and O–H groups in total. The molecule has 0 spiro atoms. The van der Waals surface area contributed by atoms with E-state index in [1.54, 1.807) is 0 Å². The normalized spacial score (nSPS) is 20.3. The van der Waals surface area contributed by atoms with Gasteiger partial charge in [0.15, 0.2) is 0 Å². The first kappa shape index (κ1) is 22.5. The van der Waals surface area contributed by atoms with E-state index in [1.807, 2.05) is 12.1 Å². The van der Waals surface area contributed by atoms with Crippen LogP contribution in [0.2, 0.25) is 0 Å². The Morgan fingerprint density at radius 2 is 1.72 bits per heavy atom. The second-order valence-corrected chi connectivity index (χ2v) is 8.68. The molecule has 0 aliphatic carbocycles. The molecule has 2 saturated heterocycles. The van der Waals surface area contributed by atoms with Crippen LogP contribution >= 0.6 is 0 Å². The fourth-order valence-electron chi connectivity index (χ4n) is 4.37.